The van der Waals surface area contributed by atoms with Gasteiger partial charge in [-0.25, -0.2) is 4.79 Å². The highest BCUT2D eigenvalue weighted by Crippen LogP contribution is 2.65. The Morgan fingerprint density at radius 2 is 1.82 bits per heavy atom. The number of nitrogens with zero attached hydrogens (tertiary/aromatic N) is 2. The Bertz CT molecular complexity index is 912. The minimum Gasteiger partial charge on any atom is -0.393 e. The number of allylic oxidation sites excluding steroid dienone is 2. The summed E-state index contributed by atoms with van der Waals surface area (Å²) in [6.07, 6.45) is 10.5. The van der Waals surface area contributed by atoms with Crippen molar-refractivity contribution in [3.63, 3.8) is 0 Å². The molecule has 1 heterocycles. The normalized spacial score (nSPS) is 41.4. The third-order valence-electron chi connectivity index (χ3n) is 9.49. The minimum atomic E-state index is -0.819. The number of hydrogen-bond donors (Lipinski definition) is 1. The Balaban J connectivity index is 1.22. The second kappa shape index (κ2) is 8.22. The lowest BCUT2D eigenvalue weighted by Crippen LogP contribution is -2.51. The Hall–Kier alpha value is -2.22. The Kier molecular flexibility index (Phi) is 5.62. The molecule has 2 amide bonds. The Labute approximate surface area is 194 Å². The van der Waals surface area contributed by atoms with Gasteiger partial charge in [-0.2, -0.15) is 0 Å². The van der Waals surface area contributed by atoms with E-state index in [9.17, 15) is 19.5 Å². The van der Waals surface area contributed by atoms with Gasteiger partial charge in [-0.3, -0.25) is 9.59 Å². The number of aliphatic hydroxyl groups excluding tert-OH is 1. The van der Waals surface area contributed by atoms with Crippen molar-refractivity contribution in [2.24, 2.45) is 33.7 Å². The van der Waals surface area contributed by atoms with Crippen molar-refractivity contribution in [1.29, 1.82) is 0 Å². The van der Waals surface area contributed by atoms with Gasteiger partial charge in [0, 0.05) is 12.8 Å². The SMILES string of the molecule is C[C@]12CC[C@@H]3[C@H](CCC4=C/C(=N/OCC(=O)ON5C(=O)CCC5=O)CC[C@@]43C)[C@H]1CC[C@@H]2O. The van der Waals surface area contributed by atoms with Crippen LogP contribution in [0, 0.1) is 28.6 Å². The summed E-state index contributed by atoms with van der Waals surface area (Å²) in [5.41, 5.74) is 2.49. The maximum absolute atomic E-state index is 11.9. The standard InChI is InChI=1S/C25H34N2O6/c1-24-11-9-16(26-32-14-23(31)33-27-21(29)7-8-22(27)30)13-15(24)3-4-17-18-5-6-20(28)25(18,2)12-10-19(17)24/h13,17-20,28H,3-12,14H2,1-2H3/b26-16+/t17-,18-,19-,20+,24+,25+/m1/s1. The van der Waals surface area contributed by atoms with E-state index in [2.05, 4.69) is 25.1 Å². The summed E-state index contributed by atoms with van der Waals surface area (Å²) < 4.78 is 0. The van der Waals surface area contributed by atoms with Gasteiger partial charge in [-0.05, 0) is 86.0 Å². The summed E-state index contributed by atoms with van der Waals surface area (Å²) in [6.45, 7) is 4.26. The summed E-state index contributed by atoms with van der Waals surface area (Å²) in [5.74, 6) is 0.116. The fourth-order valence-corrected chi connectivity index (χ4v) is 7.57. The molecular weight excluding hydrogens is 424 g/mol. The van der Waals surface area contributed by atoms with E-state index in [1.807, 2.05) is 0 Å². The first-order valence-corrected chi connectivity index (χ1v) is 12.4. The fraction of sp³-hybridized carbons (Fsp3) is 0.760. The molecule has 4 fully saturated rings. The topological polar surface area (TPSA) is 106 Å². The van der Waals surface area contributed by atoms with Crippen molar-refractivity contribution in [3.05, 3.63) is 11.6 Å². The number of rotatable bonds is 4. The van der Waals surface area contributed by atoms with E-state index < -0.39 is 24.4 Å². The quantitative estimate of drug-likeness (QED) is 0.512. The van der Waals surface area contributed by atoms with Crippen LogP contribution in [0.1, 0.15) is 78.1 Å². The predicted octanol–water partition coefficient (Wildman–Crippen LogP) is 3.29. The molecule has 180 valence electrons. The van der Waals surface area contributed by atoms with Gasteiger partial charge in [0.05, 0.1) is 11.8 Å². The summed E-state index contributed by atoms with van der Waals surface area (Å²) >= 11 is 0. The minimum absolute atomic E-state index is 0.0596. The van der Waals surface area contributed by atoms with Crippen LogP contribution in [0.25, 0.3) is 0 Å². The molecule has 4 aliphatic carbocycles. The second-order valence-electron chi connectivity index (χ2n) is 11.0. The number of carbonyl (C=O) groups excluding carboxylic acids is 3. The molecule has 33 heavy (non-hydrogen) atoms. The van der Waals surface area contributed by atoms with Crippen LogP contribution in [0.4, 0.5) is 0 Å². The highest BCUT2D eigenvalue weighted by Gasteiger charge is 2.58. The molecule has 1 aliphatic heterocycles. The zero-order valence-electron chi connectivity index (χ0n) is 19.5. The number of carbonyl (C=O) groups is 3. The van der Waals surface area contributed by atoms with E-state index in [1.54, 1.807) is 0 Å². The molecular formula is C25H34N2O6. The first kappa shape index (κ1) is 22.6. The molecule has 3 saturated carbocycles. The molecule has 8 nitrogen and oxygen atoms in total. The van der Waals surface area contributed by atoms with Gasteiger partial charge in [0.25, 0.3) is 11.8 Å². The van der Waals surface area contributed by atoms with Crippen molar-refractivity contribution in [3.8, 4) is 0 Å². The summed E-state index contributed by atoms with van der Waals surface area (Å²) in [4.78, 5) is 45.0. The second-order valence-corrected chi connectivity index (χ2v) is 11.0. The molecule has 5 rings (SSSR count). The molecule has 0 aromatic rings. The van der Waals surface area contributed by atoms with Crippen molar-refractivity contribution in [1.82, 2.24) is 5.06 Å². The van der Waals surface area contributed by atoms with E-state index in [0.29, 0.717) is 22.8 Å². The molecule has 0 aromatic carbocycles. The lowest BCUT2D eigenvalue weighted by Gasteiger charge is -2.57. The summed E-state index contributed by atoms with van der Waals surface area (Å²) in [6, 6.07) is 0. The maximum Gasteiger partial charge on any atom is 0.373 e. The molecule has 6 atom stereocenters. The molecule has 0 radical (unpaired) electrons. The van der Waals surface area contributed by atoms with Crippen LogP contribution in [-0.4, -0.2) is 46.4 Å². The van der Waals surface area contributed by atoms with Gasteiger partial charge < -0.3 is 14.8 Å². The van der Waals surface area contributed by atoms with Crippen molar-refractivity contribution >= 4 is 23.5 Å². The maximum atomic E-state index is 11.9. The van der Waals surface area contributed by atoms with E-state index in [0.717, 1.165) is 50.7 Å². The Morgan fingerprint density at radius 1 is 1.06 bits per heavy atom. The molecule has 0 unspecified atom stereocenters. The van der Waals surface area contributed by atoms with Crippen molar-refractivity contribution in [2.45, 2.75) is 84.2 Å². The molecule has 1 N–H and O–H groups in total. The number of amides is 2. The fourth-order valence-electron chi connectivity index (χ4n) is 7.57. The molecule has 0 aromatic heterocycles. The van der Waals surface area contributed by atoms with Gasteiger partial charge in [-0.15, -0.1) is 5.06 Å². The van der Waals surface area contributed by atoms with Crippen LogP contribution in [0.2, 0.25) is 0 Å². The van der Waals surface area contributed by atoms with Crippen LogP contribution >= 0.6 is 0 Å². The van der Waals surface area contributed by atoms with E-state index in [1.165, 1.54) is 12.0 Å². The lowest BCUT2D eigenvalue weighted by molar-refractivity contribution is -0.200. The van der Waals surface area contributed by atoms with Crippen LogP contribution < -0.4 is 0 Å². The number of aliphatic hydroxyl groups is 1. The number of imide groups is 1. The zero-order chi connectivity index (χ0) is 23.4. The average Bonchev–Trinajstić information content (AvgIpc) is 3.26. The number of hydrogen-bond acceptors (Lipinski definition) is 7. The Morgan fingerprint density at radius 3 is 2.58 bits per heavy atom. The van der Waals surface area contributed by atoms with E-state index in [-0.39, 0.29) is 29.8 Å². The van der Waals surface area contributed by atoms with Gasteiger partial charge in [0.2, 0.25) is 6.61 Å². The van der Waals surface area contributed by atoms with Gasteiger partial charge in [-0.1, -0.05) is 24.6 Å². The van der Waals surface area contributed by atoms with Crippen molar-refractivity contribution in [2.75, 3.05) is 6.61 Å². The van der Waals surface area contributed by atoms with Crippen LogP contribution in [0.15, 0.2) is 16.8 Å². The third-order valence-corrected chi connectivity index (χ3v) is 9.49. The first-order valence-electron chi connectivity index (χ1n) is 12.4. The third kappa shape index (κ3) is 3.70. The summed E-state index contributed by atoms with van der Waals surface area (Å²) in [5, 5.41) is 15.3. The van der Waals surface area contributed by atoms with Gasteiger partial charge in [0.15, 0.2) is 0 Å². The van der Waals surface area contributed by atoms with Gasteiger partial charge in [0.1, 0.15) is 0 Å². The molecule has 5 aliphatic rings. The zero-order valence-corrected chi connectivity index (χ0v) is 19.5. The smallest absolute Gasteiger partial charge is 0.373 e. The first-order chi connectivity index (χ1) is 15.7. The van der Waals surface area contributed by atoms with E-state index >= 15 is 0 Å². The highest BCUT2D eigenvalue weighted by molar-refractivity contribution is 6.01. The van der Waals surface area contributed by atoms with Crippen LogP contribution in [-0.2, 0) is 24.1 Å². The number of hydroxylamine groups is 2. The van der Waals surface area contributed by atoms with Crippen LogP contribution in [0.5, 0.6) is 0 Å². The molecule has 0 bridgehead atoms. The predicted molar refractivity (Wildman–Crippen MR) is 118 cm³/mol. The monoisotopic (exact) mass is 458 g/mol. The lowest BCUT2D eigenvalue weighted by atomic mass is 9.47. The van der Waals surface area contributed by atoms with Gasteiger partial charge >= 0.3 is 5.97 Å². The average molecular weight is 459 g/mol. The summed E-state index contributed by atoms with van der Waals surface area (Å²) in [7, 11) is 0. The molecule has 8 heteroatoms. The van der Waals surface area contributed by atoms with Crippen LogP contribution in [0.3, 0.4) is 0 Å². The number of fused-ring (bicyclic) bond motifs is 5. The molecule has 1 saturated heterocycles. The van der Waals surface area contributed by atoms with E-state index in [4.69, 9.17) is 9.68 Å². The molecule has 0 spiro atoms. The largest absolute Gasteiger partial charge is 0.393 e. The number of oxime groups is 1. The highest BCUT2D eigenvalue weighted by atomic mass is 16.7. The van der Waals surface area contributed by atoms with Crippen molar-refractivity contribution < 1.29 is 29.2 Å².